The van der Waals surface area contributed by atoms with E-state index < -0.39 is 0 Å². The summed E-state index contributed by atoms with van der Waals surface area (Å²) >= 11 is 0. The fourth-order valence-electron chi connectivity index (χ4n) is 2.18. The molecule has 18 heavy (non-hydrogen) atoms. The summed E-state index contributed by atoms with van der Waals surface area (Å²) < 4.78 is 5.32. The Balaban J connectivity index is 2.24. The Labute approximate surface area is 104 Å². The van der Waals surface area contributed by atoms with Gasteiger partial charge in [-0.3, -0.25) is 4.79 Å². The van der Waals surface area contributed by atoms with Crippen molar-refractivity contribution in [2.24, 2.45) is 0 Å². The summed E-state index contributed by atoms with van der Waals surface area (Å²) in [5, 5.41) is 1.04. The molecular formula is C15H13NO2. The normalized spacial score (nSPS) is 10.9. The first kappa shape index (κ1) is 10.8. The van der Waals surface area contributed by atoms with Crippen LogP contribution in [0.5, 0.6) is 0 Å². The molecular weight excluding hydrogens is 226 g/mol. The number of aryl methyl sites for hydroxylation is 1. The van der Waals surface area contributed by atoms with Gasteiger partial charge in [-0.1, -0.05) is 13.0 Å². The van der Waals surface area contributed by atoms with Gasteiger partial charge in [-0.15, -0.1) is 0 Å². The highest BCUT2D eigenvalue weighted by molar-refractivity contribution is 5.83. The molecule has 2 heterocycles. The molecule has 1 N–H and O–H groups in total. The Bertz CT molecular complexity index is 752. The molecule has 0 atom stereocenters. The Morgan fingerprint density at radius 1 is 1.17 bits per heavy atom. The smallest absolute Gasteiger partial charge is 0.248 e. The van der Waals surface area contributed by atoms with E-state index in [4.69, 9.17) is 4.42 Å². The molecule has 0 saturated carbocycles. The third-order valence-electron chi connectivity index (χ3n) is 3.13. The van der Waals surface area contributed by atoms with Crippen LogP contribution in [-0.4, -0.2) is 4.98 Å². The van der Waals surface area contributed by atoms with Gasteiger partial charge >= 0.3 is 0 Å². The van der Waals surface area contributed by atoms with Crippen LogP contribution in [0.3, 0.4) is 0 Å². The van der Waals surface area contributed by atoms with Gasteiger partial charge in [-0.2, -0.15) is 0 Å². The molecule has 3 rings (SSSR count). The van der Waals surface area contributed by atoms with E-state index in [9.17, 15) is 4.79 Å². The summed E-state index contributed by atoms with van der Waals surface area (Å²) in [6.45, 7) is 2.08. The van der Waals surface area contributed by atoms with Crippen molar-refractivity contribution < 1.29 is 4.42 Å². The number of H-pyrrole nitrogens is 1. The Morgan fingerprint density at radius 3 is 2.89 bits per heavy atom. The van der Waals surface area contributed by atoms with E-state index in [1.807, 2.05) is 30.3 Å². The van der Waals surface area contributed by atoms with Crippen LogP contribution in [0.25, 0.3) is 22.2 Å². The van der Waals surface area contributed by atoms with E-state index in [1.165, 1.54) is 0 Å². The van der Waals surface area contributed by atoms with Crippen LogP contribution in [-0.2, 0) is 6.42 Å². The fraction of sp³-hybridized carbons (Fsp3) is 0.133. The predicted molar refractivity (Wildman–Crippen MR) is 71.6 cm³/mol. The number of benzene rings is 1. The van der Waals surface area contributed by atoms with Gasteiger partial charge in [0.1, 0.15) is 5.58 Å². The van der Waals surface area contributed by atoms with Crippen LogP contribution in [0.1, 0.15) is 12.5 Å². The lowest BCUT2D eigenvalue weighted by molar-refractivity contribution is 0.616. The minimum absolute atomic E-state index is 0.0745. The van der Waals surface area contributed by atoms with Gasteiger partial charge in [0.2, 0.25) is 5.56 Å². The summed E-state index contributed by atoms with van der Waals surface area (Å²) in [5.74, 6) is 0. The van der Waals surface area contributed by atoms with E-state index in [1.54, 1.807) is 12.3 Å². The molecule has 0 saturated heterocycles. The van der Waals surface area contributed by atoms with Crippen LogP contribution in [0.15, 0.2) is 51.9 Å². The standard InChI is InChI=1S/C15H13NO2/c1-2-10-4-6-14(17)16-15(10)12-3-5-13-11(9-12)7-8-18-13/h3-9H,2H2,1H3,(H,16,17). The van der Waals surface area contributed by atoms with Gasteiger partial charge in [-0.25, -0.2) is 0 Å². The summed E-state index contributed by atoms with van der Waals surface area (Å²) in [4.78, 5) is 14.4. The second kappa shape index (κ2) is 4.18. The number of furan rings is 1. The molecule has 0 aliphatic carbocycles. The zero-order valence-corrected chi connectivity index (χ0v) is 10.1. The minimum Gasteiger partial charge on any atom is -0.464 e. The molecule has 0 aliphatic rings. The monoisotopic (exact) mass is 239 g/mol. The number of aromatic nitrogens is 1. The zero-order chi connectivity index (χ0) is 12.5. The van der Waals surface area contributed by atoms with Crippen molar-refractivity contribution in [3.8, 4) is 11.3 Å². The van der Waals surface area contributed by atoms with Crippen molar-refractivity contribution in [1.29, 1.82) is 0 Å². The molecule has 1 aromatic carbocycles. The summed E-state index contributed by atoms with van der Waals surface area (Å²) in [5.41, 5.74) is 3.83. The molecule has 0 radical (unpaired) electrons. The molecule has 3 heteroatoms. The lowest BCUT2D eigenvalue weighted by Gasteiger charge is -2.07. The molecule has 0 amide bonds. The average Bonchev–Trinajstić information content (AvgIpc) is 2.85. The average molecular weight is 239 g/mol. The topological polar surface area (TPSA) is 46.0 Å². The number of aromatic amines is 1. The van der Waals surface area contributed by atoms with Crippen molar-refractivity contribution in [2.45, 2.75) is 13.3 Å². The number of hydrogen-bond donors (Lipinski definition) is 1. The van der Waals surface area contributed by atoms with E-state index in [-0.39, 0.29) is 5.56 Å². The van der Waals surface area contributed by atoms with Crippen LogP contribution >= 0.6 is 0 Å². The van der Waals surface area contributed by atoms with Crippen molar-refractivity contribution in [3.05, 3.63) is 58.6 Å². The van der Waals surface area contributed by atoms with E-state index >= 15 is 0 Å². The Hall–Kier alpha value is -2.29. The largest absolute Gasteiger partial charge is 0.464 e. The fourth-order valence-corrected chi connectivity index (χ4v) is 2.18. The van der Waals surface area contributed by atoms with Crippen molar-refractivity contribution in [2.75, 3.05) is 0 Å². The number of fused-ring (bicyclic) bond motifs is 1. The molecule has 2 aromatic heterocycles. The Morgan fingerprint density at radius 2 is 2.06 bits per heavy atom. The number of rotatable bonds is 2. The van der Waals surface area contributed by atoms with Gasteiger partial charge < -0.3 is 9.40 Å². The van der Waals surface area contributed by atoms with Crippen molar-refractivity contribution >= 4 is 11.0 Å². The Kier molecular flexibility index (Phi) is 2.52. The molecule has 0 fully saturated rings. The van der Waals surface area contributed by atoms with Crippen LogP contribution in [0, 0.1) is 0 Å². The number of nitrogens with one attached hydrogen (secondary N) is 1. The van der Waals surface area contributed by atoms with Gasteiger partial charge in [-0.05, 0) is 41.8 Å². The third-order valence-corrected chi connectivity index (χ3v) is 3.13. The molecule has 3 aromatic rings. The molecule has 0 spiro atoms. The van der Waals surface area contributed by atoms with Gasteiger partial charge in [0.15, 0.2) is 0 Å². The van der Waals surface area contributed by atoms with Gasteiger partial charge in [0, 0.05) is 11.5 Å². The minimum atomic E-state index is -0.0745. The first-order valence-electron chi connectivity index (χ1n) is 5.98. The maximum atomic E-state index is 11.5. The van der Waals surface area contributed by atoms with Crippen LogP contribution < -0.4 is 5.56 Å². The van der Waals surface area contributed by atoms with E-state index in [0.29, 0.717) is 0 Å². The summed E-state index contributed by atoms with van der Waals surface area (Å²) in [6.07, 6.45) is 2.55. The zero-order valence-electron chi connectivity index (χ0n) is 10.1. The first-order valence-corrected chi connectivity index (χ1v) is 5.98. The molecule has 90 valence electrons. The van der Waals surface area contributed by atoms with E-state index in [2.05, 4.69) is 11.9 Å². The lowest BCUT2D eigenvalue weighted by atomic mass is 10.0. The quantitative estimate of drug-likeness (QED) is 0.745. The van der Waals surface area contributed by atoms with Crippen LogP contribution in [0.4, 0.5) is 0 Å². The highest BCUT2D eigenvalue weighted by atomic mass is 16.3. The SMILES string of the molecule is CCc1ccc(=O)[nH]c1-c1ccc2occc2c1. The first-order chi connectivity index (χ1) is 8.78. The van der Waals surface area contributed by atoms with Crippen LogP contribution in [0.2, 0.25) is 0 Å². The summed E-state index contributed by atoms with van der Waals surface area (Å²) in [7, 11) is 0. The second-order valence-electron chi connectivity index (χ2n) is 4.25. The van der Waals surface area contributed by atoms with Crippen molar-refractivity contribution in [1.82, 2.24) is 4.98 Å². The highest BCUT2D eigenvalue weighted by Crippen LogP contribution is 2.25. The second-order valence-corrected chi connectivity index (χ2v) is 4.25. The van der Waals surface area contributed by atoms with Crippen molar-refractivity contribution in [3.63, 3.8) is 0 Å². The van der Waals surface area contributed by atoms with Gasteiger partial charge in [0.25, 0.3) is 0 Å². The lowest BCUT2D eigenvalue weighted by Crippen LogP contribution is -2.06. The molecule has 0 unspecified atom stereocenters. The maximum Gasteiger partial charge on any atom is 0.248 e. The molecule has 3 nitrogen and oxygen atoms in total. The number of pyridine rings is 1. The maximum absolute atomic E-state index is 11.5. The molecule has 0 bridgehead atoms. The number of hydrogen-bond acceptors (Lipinski definition) is 2. The predicted octanol–water partition coefficient (Wildman–Crippen LogP) is 3.35. The van der Waals surface area contributed by atoms with Gasteiger partial charge in [0.05, 0.1) is 12.0 Å². The van der Waals surface area contributed by atoms with E-state index in [0.717, 1.165) is 34.2 Å². The highest BCUT2D eigenvalue weighted by Gasteiger charge is 2.06. The molecule has 0 aliphatic heterocycles. The summed E-state index contributed by atoms with van der Waals surface area (Å²) in [6, 6.07) is 11.3. The third kappa shape index (κ3) is 1.74.